The predicted octanol–water partition coefficient (Wildman–Crippen LogP) is 5.03. The Balaban J connectivity index is 1.56. The van der Waals surface area contributed by atoms with Gasteiger partial charge in [-0.05, 0) is 62.4 Å². The first-order valence-electron chi connectivity index (χ1n) is 9.21. The van der Waals surface area contributed by atoms with E-state index in [2.05, 4.69) is 15.5 Å². The minimum Gasteiger partial charge on any atom is -0.492 e. The Labute approximate surface area is 173 Å². The molecule has 0 bridgehead atoms. The average molecular weight is 407 g/mol. The molecule has 29 heavy (non-hydrogen) atoms. The van der Waals surface area contributed by atoms with Crippen LogP contribution in [0, 0.1) is 6.92 Å². The van der Waals surface area contributed by atoms with Gasteiger partial charge in [-0.3, -0.25) is 4.79 Å². The maximum absolute atomic E-state index is 12.6. The van der Waals surface area contributed by atoms with Crippen LogP contribution in [0.2, 0.25) is 5.02 Å². The molecule has 1 aromatic heterocycles. The lowest BCUT2D eigenvalue weighted by atomic mass is 10.2. The Bertz CT molecular complexity index is 1190. The van der Waals surface area contributed by atoms with Crippen LogP contribution < -0.4 is 10.1 Å². The summed E-state index contributed by atoms with van der Waals surface area (Å²) in [4.78, 5) is 14.2. The monoisotopic (exact) mass is 406 g/mol. The van der Waals surface area contributed by atoms with Gasteiger partial charge in [0, 0.05) is 11.3 Å². The number of fused-ring (bicyclic) bond motifs is 1. The second-order valence-electron chi connectivity index (χ2n) is 6.56. The lowest BCUT2D eigenvalue weighted by molar-refractivity contribution is 0.102. The molecule has 3 aromatic carbocycles. The zero-order valence-electron chi connectivity index (χ0n) is 16.0. The lowest BCUT2D eigenvalue weighted by Gasteiger charge is -2.08. The van der Waals surface area contributed by atoms with Gasteiger partial charge in [0.2, 0.25) is 0 Å². The van der Waals surface area contributed by atoms with Crippen molar-refractivity contribution in [3.63, 3.8) is 0 Å². The number of aryl methyl sites for hydroxylation is 1. The zero-order chi connectivity index (χ0) is 20.4. The van der Waals surface area contributed by atoms with Gasteiger partial charge in [0.1, 0.15) is 16.8 Å². The van der Waals surface area contributed by atoms with E-state index in [-0.39, 0.29) is 5.91 Å². The molecule has 0 atom stereocenters. The van der Waals surface area contributed by atoms with Gasteiger partial charge in [-0.1, -0.05) is 29.3 Å². The summed E-state index contributed by atoms with van der Waals surface area (Å²) < 4.78 is 5.40. The first kappa shape index (κ1) is 19.0. The van der Waals surface area contributed by atoms with E-state index >= 15 is 0 Å². The van der Waals surface area contributed by atoms with Crippen LogP contribution in [0.1, 0.15) is 22.8 Å². The average Bonchev–Trinajstić information content (AvgIpc) is 3.13. The van der Waals surface area contributed by atoms with Crippen molar-refractivity contribution in [1.29, 1.82) is 0 Å². The van der Waals surface area contributed by atoms with Crippen LogP contribution in [0.5, 0.6) is 5.75 Å². The van der Waals surface area contributed by atoms with E-state index in [1.807, 2.05) is 44.2 Å². The molecule has 0 unspecified atom stereocenters. The number of nitrogens with zero attached hydrogens (tertiary/aromatic N) is 3. The molecule has 1 heterocycles. The normalized spacial score (nSPS) is 10.9. The van der Waals surface area contributed by atoms with E-state index in [1.165, 1.54) is 5.56 Å². The highest BCUT2D eigenvalue weighted by atomic mass is 35.5. The Kier molecular flexibility index (Phi) is 5.18. The number of halogens is 1. The third-order valence-electron chi connectivity index (χ3n) is 4.40. The highest BCUT2D eigenvalue weighted by Crippen LogP contribution is 2.26. The maximum Gasteiger partial charge on any atom is 0.255 e. The number of carbonyl (C=O) groups is 1. The number of nitrogens with one attached hydrogen (secondary N) is 1. The lowest BCUT2D eigenvalue weighted by Crippen LogP contribution is -2.11. The number of carbonyl (C=O) groups excluding carboxylic acids is 1. The van der Waals surface area contributed by atoms with Crippen molar-refractivity contribution in [2.45, 2.75) is 13.8 Å². The van der Waals surface area contributed by atoms with Crippen molar-refractivity contribution in [1.82, 2.24) is 15.0 Å². The molecule has 0 saturated heterocycles. The summed E-state index contributed by atoms with van der Waals surface area (Å²) in [6, 6.07) is 18.3. The molecule has 146 valence electrons. The zero-order valence-corrected chi connectivity index (χ0v) is 16.8. The van der Waals surface area contributed by atoms with E-state index in [1.54, 1.807) is 35.1 Å². The highest BCUT2D eigenvalue weighted by molar-refractivity contribution is 6.32. The molecule has 4 aromatic rings. The Morgan fingerprint density at radius 1 is 1.03 bits per heavy atom. The molecule has 0 saturated carbocycles. The molecule has 6 nitrogen and oxygen atoms in total. The molecule has 4 rings (SSSR count). The molecular formula is C22H19ClN4O2. The number of hydrogen-bond acceptors (Lipinski definition) is 4. The summed E-state index contributed by atoms with van der Waals surface area (Å²) in [6.45, 7) is 4.42. The van der Waals surface area contributed by atoms with Crippen LogP contribution >= 0.6 is 11.6 Å². The molecule has 7 heteroatoms. The highest BCUT2D eigenvalue weighted by Gasteiger charge is 2.11. The molecule has 0 radical (unpaired) electrons. The minimum absolute atomic E-state index is 0.264. The molecule has 0 aliphatic rings. The number of aromatic nitrogens is 3. The summed E-state index contributed by atoms with van der Waals surface area (Å²) in [6.07, 6.45) is 0. The Hall–Kier alpha value is -3.38. The number of anilines is 1. The standard InChI is InChI=1S/C22H19ClN4O2/c1-3-29-21-11-6-15(12-18(21)23)22(28)24-16-7-10-19-20(13-16)26-27(25-19)17-8-4-14(2)5-9-17/h4-13H,3H2,1-2H3,(H,24,28). The fraction of sp³-hybridized carbons (Fsp3) is 0.136. The molecule has 0 aliphatic heterocycles. The fourth-order valence-electron chi connectivity index (χ4n) is 2.90. The van der Waals surface area contributed by atoms with Crippen LogP contribution in [-0.4, -0.2) is 27.5 Å². The Morgan fingerprint density at radius 2 is 1.79 bits per heavy atom. The summed E-state index contributed by atoms with van der Waals surface area (Å²) in [5, 5.41) is 12.3. The van der Waals surface area contributed by atoms with Crippen molar-refractivity contribution in [2.75, 3.05) is 11.9 Å². The van der Waals surface area contributed by atoms with Gasteiger partial charge in [-0.2, -0.15) is 4.80 Å². The number of hydrogen-bond donors (Lipinski definition) is 1. The number of ether oxygens (including phenoxy) is 1. The smallest absolute Gasteiger partial charge is 0.255 e. The molecule has 0 aliphatic carbocycles. The van der Waals surface area contributed by atoms with Crippen molar-refractivity contribution in [3.8, 4) is 11.4 Å². The van der Waals surface area contributed by atoms with E-state index in [0.717, 1.165) is 11.2 Å². The van der Waals surface area contributed by atoms with Gasteiger partial charge >= 0.3 is 0 Å². The molecular weight excluding hydrogens is 388 g/mol. The SMILES string of the molecule is CCOc1ccc(C(=O)Nc2ccc3nn(-c4ccc(C)cc4)nc3c2)cc1Cl. The van der Waals surface area contributed by atoms with Crippen molar-refractivity contribution in [2.24, 2.45) is 0 Å². The van der Waals surface area contributed by atoms with Gasteiger partial charge in [0.25, 0.3) is 5.91 Å². The van der Waals surface area contributed by atoms with Gasteiger partial charge in [0.05, 0.1) is 17.3 Å². The summed E-state index contributed by atoms with van der Waals surface area (Å²) >= 11 is 6.18. The maximum atomic E-state index is 12.6. The van der Waals surface area contributed by atoms with Crippen LogP contribution in [-0.2, 0) is 0 Å². The second-order valence-corrected chi connectivity index (χ2v) is 6.97. The van der Waals surface area contributed by atoms with Crippen LogP contribution in [0.15, 0.2) is 60.7 Å². The van der Waals surface area contributed by atoms with E-state index in [4.69, 9.17) is 16.3 Å². The van der Waals surface area contributed by atoms with Crippen molar-refractivity contribution in [3.05, 3.63) is 76.8 Å². The quantitative estimate of drug-likeness (QED) is 0.504. The topological polar surface area (TPSA) is 69.0 Å². The predicted molar refractivity (Wildman–Crippen MR) is 114 cm³/mol. The first-order chi connectivity index (χ1) is 14.0. The number of rotatable bonds is 5. The van der Waals surface area contributed by atoms with Gasteiger partial charge in [0.15, 0.2) is 0 Å². The van der Waals surface area contributed by atoms with Crippen LogP contribution in [0.25, 0.3) is 16.7 Å². The molecule has 0 spiro atoms. The van der Waals surface area contributed by atoms with E-state index in [9.17, 15) is 4.79 Å². The van der Waals surface area contributed by atoms with Crippen LogP contribution in [0.3, 0.4) is 0 Å². The summed E-state index contributed by atoms with van der Waals surface area (Å²) in [5.41, 5.74) is 4.55. The second kappa shape index (κ2) is 7.93. The van der Waals surface area contributed by atoms with Crippen LogP contribution in [0.4, 0.5) is 5.69 Å². The summed E-state index contributed by atoms with van der Waals surface area (Å²) in [7, 11) is 0. The fourth-order valence-corrected chi connectivity index (χ4v) is 3.14. The molecule has 1 N–H and O–H groups in total. The first-order valence-corrected chi connectivity index (χ1v) is 9.59. The minimum atomic E-state index is -0.264. The van der Waals surface area contributed by atoms with Gasteiger partial charge < -0.3 is 10.1 Å². The van der Waals surface area contributed by atoms with Crippen molar-refractivity contribution < 1.29 is 9.53 Å². The van der Waals surface area contributed by atoms with E-state index < -0.39 is 0 Å². The third kappa shape index (κ3) is 4.07. The Morgan fingerprint density at radius 3 is 2.52 bits per heavy atom. The molecule has 1 amide bonds. The largest absolute Gasteiger partial charge is 0.492 e. The third-order valence-corrected chi connectivity index (χ3v) is 4.69. The van der Waals surface area contributed by atoms with E-state index in [0.29, 0.717) is 34.1 Å². The van der Waals surface area contributed by atoms with Crippen molar-refractivity contribution >= 4 is 34.2 Å². The molecule has 0 fully saturated rings. The van der Waals surface area contributed by atoms with Gasteiger partial charge in [-0.25, -0.2) is 0 Å². The number of amides is 1. The van der Waals surface area contributed by atoms with Gasteiger partial charge in [-0.15, -0.1) is 10.2 Å². The number of benzene rings is 3. The summed E-state index contributed by atoms with van der Waals surface area (Å²) in [5.74, 6) is 0.292.